The van der Waals surface area contributed by atoms with Gasteiger partial charge in [0.25, 0.3) is 0 Å². The summed E-state index contributed by atoms with van der Waals surface area (Å²) in [6.45, 7) is 0. The van der Waals surface area contributed by atoms with Gasteiger partial charge in [-0.05, 0) is 0 Å². The lowest BCUT2D eigenvalue weighted by Crippen LogP contribution is -2.41. The zero-order valence-electron chi connectivity index (χ0n) is 7.04. The highest BCUT2D eigenvalue weighted by Crippen LogP contribution is 1.99. The number of aliphatic hydroxyl groups excluding tert-OH is 2. The fourth-order valence-electron chi connectivity index (χ4n) is 0.525. The smallest absolute Gasteiger partial charge is 0.467 e. The maximum atomic E-state index is 10.6. The molecule has 2 unspecified atom stereocenters. The normalized spacial score (nSPS) is 13.9. The van der Waals surface area contributed by atoms with E-state index in [4.69, 9.17) is 15.3 Å². The van der Waals surface area contributed by atoms with Crippen molar-refractivity contribution in [1.29, 1.82) is 0 Å². The zero-order chi connectivity index (χ0) is 11.3. The molecule has 0 aliphatic carbocycles. The van der Waals surface area contributed by atoms with Gasteiger partial charge >= 0.3 is 18.1 Å². The first-order valence-corrected chi connectivity index (χ1v) is 3.28. The molecule has 0 saturated carbocycles. The van der Waals surface area contributed by atoms with E-state index in [2.05, 4.69) is 9.47 Å². The van der Waals surface area contributed by atoms with Crippen LogP contribution >= 0.6 is 0 Å². The molecule has 0 heterocycles. The van der Waals surface area contributed by atoms with Crippen LogP contribution in [-0.4, -0.2) is 52.7 Å². The van der Waals surface area contributed by atoms with Crippen LogP contribution in [0.25, 0.3) is 0 Å². The molecule has 0 aromatic carbocycles. The van der Waals surface area contributed by atoms with Crippen molar-refractivity contribution in [1.82, 2.24) is 0 Å². The highest BCUT2D eigenvalue weighted by Gasteiger charge is 2.33. The number of hydrogen-bond acceptors (Lipinski definition) is 7. The Labute approximate surface area is 77.7 Å². The highest BCUT2D eigenvalue weighted by atomic mass is 16.7. The van der Waals surface area contributed by atoms with Crippen molar-refractivity contribution < 1.29 is 39.2 Å². The molecular formula is C6H8O8. The van der Waals surface area contributed by atoms with E-state index >= 15 is 0 Å². The van der Waals surface area contributed by atoms with E-state index in [0.29, 0.717) is 0 Å². The second kappa shape index (κ2) is 5.14. The average molecular weight is 208 g/mol. The first-order valence-electron chi connectivity index (χ1n) is 3.28. The topological polar surface area (TPSA) is 130 Å². The van der Waals surface area contributed by atoms with Crippen molar-refractivity contribution in [3.8, 4) is 0 Å². The van der Waals surface area contributed by atoms with E-state index in [-0.39, 0.29) is 0 Å². The first-order chi connectivity index (χ1) is 6.40. The Morgan fingerprint density at radius 2 is 1.50 bits per heavy atom. The lowest BCUT2D eigenvalue weighted by Gasteiger charge is -2.12. The molecule has 0 aromatic rings. The Kier molecular flexibility index (Phi) is 4.53. The van der Waals surface area contributed by atoms with Gasteiger partial charge in [-0.15, -0.1) is 0 Å². The number of carbonyl (C=O) groups excluding carboxylic acids is 2. The van der Waals surface area contributed by atoms with Crippen LogP contribution < -0.4 is 0 Å². The fourth-order valence-corrected chi connectivity index (χ4v) is 0.525. The van der Waals surface area contributed by atoms with Gasteiger partial charge in [0.2, 0.25) is 0 Å². The molecule has 8 heteroatoms. The van der Waals surface area contributed by atoms with Crippen molar-refractivity contribution in [2.45, 2.75) is 12.2 Å². The molecule has 0 fully saturated rings. The quantitative estimate of drug-likeness (QED) is 0.362. The third-order valence-corrected chi connectivity index (χ3v) is 1.17. The van der Waals surface area contributed by atoms with Gasteiger partial charge in [0, 0.05) is 0 Å². The molecule has 3 N–H and O–H groups in total. The number of carboxylic acid groups (broad SMARTS) is 1. The Hall–Kier alpha value is -1.67. The third-order valence-electron chi connectivity index (χ3n) is 1.17. The number of methoxy groups -OCH3 is 1. The van der Waals surface area contributed by atoms with Crippen LogP contribution in [0.3, 0.4) is 0 Å². The second-order valence-corrected chi connectivity index (χ2v) is 2.10. The summed E-state index contributed by atoms with van der Waals surface area (Å²) in [6, 6.07) is 0. The minimum absolute atomic E-state index is 0.917. The lowest BCUT2D eigenvalue weighted by molar-refractivity contribution is -0.168. The van der Waals surface area contributed by atoms with Gasteiger partial charge < -0.3 is 24.8 Å². The number of carbonyl (C=O) groups is 3. The van der Waals surface area contributed by atoms with Crippen LogP contribution in [0.1, 0.15) is 0 Å². The second-order valence-electron chi connectivity index (χ2n) is 2.10. The SMILES string of the molecule is COC(=O)C(O)C(O)C(=O)OC(=O)O. The molecule has 0 aliphatic heterocycles. The van der Waals surface area contributed by atoms with E-state index in [9.17, 15) is 14.4 Å². The maximum Gasteiger partial charge on any atom is 0.513 e. The molecule has 8 nitrogen and oxygen atoms in total. The molecule has 0 aliphatic rings. The minimum atomic E-state index is -2.29. The van der Waals surface area contributed by atoms with E-state index in [1.54, 1.807) is 0 Å². The monoisotopic (exact) mass is 208 g/mol. The number of aliphatic hydroxyl groups is 2. The Balaban J connectivity index is 4.31. The zero-order valence-corrected chi connectivity index (χ0v) is 7.04. The standard InChI is InChI=1S/C6H8O8/c1-13-4(9)2(7)3(8)5(10)14-6(11)12/h2-3,7-8H,1H3,(H,11,12). The molecule has 14 heavy (non-hydrogen) atoms. The minimum Gasteiger partial charge on any atom is -0.467 e. The molecule has 0 bridgehead atoms. The fraction of sp³-hybridized carbons (Fsp3) is 0.500. The van der Waals surface area contributed by atoms with E-state index in [0.717, 1.165) is 7.11 Å². The van der Waals surface area contributed by atoms with Gasteiger partial charge in [-0.25, -0.2) is 14.4 Å². The summed E-state index contributed by atoms with van der Waals surface area (Å²) in [5.74, 6) is -2.93. The maximum absolute atomic E-state index is 10.6. The summed E-state index contributed by atoms with van der Waals surface area (Å²) in [6.07, 6.45) is -6.42. The summed E-state index contributed by atoms with van der Waals surface area (Å²) in [5, 5.41) is 25.7. The van der Waals surface area contributed by atoms with Gasteiger partial charge in [-0.2, -0.15) is 0 Å². The highest BCUT2D eigenvalue weighted by molar-refractivity contribution is 5.89. The Morgan fingerprint density at radius 3 is 1.86 bits per heavy atom. The summed E-state index contributed by atoms with van der Waals surface area (Å²) in [7, 11) is 0.917. The van der Waals surface area contributed by atoms with Crippen LogP contribution in [0.2, 0.25) is 0 Å². The predicted octanol–water partition coefficient (Wildman–Crippen LogP) is -1.90. The average Bonchev–Trinajstić information content (AvgIpc) is 2.13. The van der Waals surface area contributed by atoms with Crippen LogP contribution in [0.4, 0.5) is 4.79 Å². The Bertz CT molecular complexity index is 246. The molecular weight excluding hydrogens is 200 g/mol. The number of esters is 2. The van der Waals surface area contributed by atoms with Crippen LogP contribution in [-0.2, 0) is 19.1 Å². The van der Waals surface area contributed by atoms with E-state index in [1.807, 2.05) is 0 Å². The summed E-state index contributed by atoms with van der Waals surface area (Å²) < 4.78 is 7.47. The van der Waals surface area contributed by atoms with Crippen LogP contribution in [0.5, 0.6) is 0 Å². The van der Waals surface area contributed by atoms with E-state index in [1.165, 1.54) is 0 Å². The van der Waals surface area contributed by atoms with Crippen LogP contribution in [0.15, 0.2) is 0 Å². The van der Waals surface area contributed by atoms with Crippen LogP contribution in [0, 0.1) is 0 Å². The van der Waals surface area contributed by atoms with Gasteiger partial charge in [-0.3, -0.25) is 0 Å². The molecule has 80 valence electrons. The third kappa shape index (κ3) is 3.37. The van der Waals surface area contributed by atoms with E-state index < -0.39 is 30.3 Å². The largest absolute Gasteiger partial charge is 0.513 e. The van der Waals surface area contributed by atoms with Crippen molar-refractivity contribution in [3.05, 3.63) is 0 Å². The predicted molar refractivity (Wildman–Crippen MR) is 38.1 cm³/mol. The molecule has 0 amide bonds. The van der Waals surface area contributed by atoms with Crippen molar-refractivity contribution >= 4 is 18.1 Å². The number of hydrogen-bond donors (Lipinski definition) is 3. The molecule has 2 atom stereocenters. The van der Waals surface area contributed by atoms with Gasteiger partial charge in [-0.1, -0.05) is 0 Å². The number of ether oxygens (including phenoxy) is 2. The Morgan fingerprint density at radius 1 is 1.07 bits per heavy atom. The molecule has 0 saturated heterocycles. The van der Waals surface area contributed by atoms with Gasteiger partial charge in [0.1, 0.15) is 0 Å². The van der Waals surface area contributed by atoms with Gasteiger partial charge in [0.05, 0.1) is 7.11 Å². The van der Waals surface area contributed by atoms with Crippen molar-refractivity contribution in [3.63, 3.8) is 0 Å². The van der Waals surface area contributed by atoms with Crippen molar-refractivity contribution in [2.75, 3.05) is 7.11 Å². The summed E-state index contributed by atoms with van der Waals surface area (Å²) in [5.41, 5.74) is 0. The number of rotatable bonds is 3. The summed E-state index contributed by atoms with van der Waals surface area (Å²) >= 11 is 0. The summed E-state index contributed by atoms with van der Waals surface area (Å²) in [4.78, 5) is 31.0. The first kappa shape index (κ1) is 12.3. The molecule has 0 aromatic heterocycles. The molecule has 0 radical (unpaired) electrons. The lowest BCUT2D eigenvalue weighted by atomic mass is 10.2. The van der Waals surface area contributed by atoms with Crippen molar-refractivity contribution in [2.24, 2.45) is 0 Å². The van der Waals surface area contributed by atoms with Gasteiger partial charge in [0.15, 0.2) is 12.2 Å². The molecule has 0 spiro atoms. The molecule has 0 rings (SSSR count).